The van der Waals surface area contributed by atoms with Gasteiger partial charge < -0.3 is 14.4 Å². The van der Waals surface area contributed by atoms with Gasteiger partial charge in [0.1, 0.15) is 10.6 Å². The molecule has 2 fully saturated rings. The number of sulfonamides is 1. The van der Waals surface area contributed by atoms with Gasteiger partial charge in [-0.25, -0.2) is 8.42 Å². The summed E-state index contributed by atoms with van der Waals surface area (Å²) < 4.78 is 37.8. The standard InChI is InChI=1S/C17H24N2O5S/c1-13-5-6-18(12-13)17(20)14-3-4-15(23-2)16(11-14)25(21,22)19-7-9-24-10-8-19/h3-4,11,13H,5-10,12H2,1-2H3/t13-/m1/s1. The first-order valence-corrected chi connectivity index (χ1v) is 9.92. The number of amides is 1. The van der Waals surface area contributed by atoms with Crippen LogP contribution in [0.2, 0.25) is 0 Å². The fourth-order valence-electron chi connectivity index (χ4n) is 3.24. The predicted molar refractivity (Wildman–Crippen MR) is 92.3 cm³/mol. The molecule has 138 valence electrons. The number of ether oxygens (including phenoxy) is 2. The molecule has 0 N–H and O–H groups in total. The van der Waals surface area contributed by atoms with Crippen LogP contribution in [0.25, 0.3) is 0 Å². The molecule has 0 bridgehead atoms. The minimum atomic E-state index is -3.74. The molecule has 8 heteroatoms. The highest BCUT2D eigenvalue weighted by Gasteiger charge is 2.31. The number of nitrogens with zero attached hydrogens (tertiary/aromatic N) is 2. The van der Waals surface area contributed by atoms with E-state index in [1.54, 1.807) is 17.0 Å². The average molecular weight is 368 g/mol. The molecule has 1 aromatic rings. The first-order valence-electron chi connectivity index (χ1n) is 8.48. The van der Waals surface area contributed by atoms with E-state index in [-0.39, 0.29) is 16.6 Å². The number of likely N-dealkylation sites (tertiary alicyclic amines) is 1. The van der Waals surface area contributed by atoms with E-state index in [1.165, 1.54) is 17.5 Å². The van der Waals surface area contributed by atoms with Crippen molar-refractivity contribution in [3.63, 3.8) is 0 Å². The summed E-state index contributed by atoms with van der Waals surface area (Å²) >= 11 is 0. The lowest BCUT2D eigenvalue weighted by molar-refractivity contribution is 0.0729. The Labute approximate surface area is 148 Å². The Morgan fingerprint density at radius 1 is 1.24 bits per heavy atom. The molecule has 2 saturated heterocycles. The number of carbonyl (C=O) groups excluding carboxylic acids is 1. The summed E-state index contributed by atoms with van der Waals surface area (Å²) in [5, 5.41) is 0. The molecule has 0 spiro atoms. The van der Waals surface area contributed by atoms with Gasteiger partial charge in [-0.3, -0.25) is 4.79 Å². The van der Waals surface area contributed by atoms with Crippen molar-refractivity contribution in [2.75, 3.05) is 46.5 Å². The summed E-state index contributed by atoms with van der Waals surface area (Å²) in [7, 11) is -2.31. The molecule has 0 aromatic heterocycles. The highest BCUT2D eigenvalue weighted by atomic mass is 32.2. The molecular weight excluding hydrogens is 344 g/mol. The maximum atomic E-state index is 13.0. The van der Waals surface area contributed by atoms with Gasteiger partial charge in [0.15, 0.2) is 0 Å². The number of methoxy groups -OCH3 is 1. The second-order valence-corrected chi connectivity index (χ2v) is 8.43. The van der Waals surface area contributed by atoms with Crippen molar-refractivity contribution in [1.29, 1.82) is 0 Å². The van der Waals surface area contributed by atoms with Gasteiger partial charge in [-0.1, -0.05) is 6.92 Å². The van der Waals surface area contributed by atoms with Crippen LogP contribution in [0.3, 0.4) is 0 Å². The highest BCUT2D eigenvalue weighted by molar-refractivity contribution is 7.89. The van der Waals surface area contributed by atoms with E-state index in [1.807, 2.05) is 0 Å². The van der Waals surface area contributed by atoms with Gasteiger partial charge in [-0.2, -0.15) is 4.31 Å². The smallest absolute Gasteiger partial charge is 0.253 e. The van der Waals surface area contributed by atoms with Gasteiger partial charge in [0.05, 0.1) is 20.3 Å². The number of rotatable bonds is 4. The van der Waals surface area contributed by atoms with Crippen molar-refractivity contribution in [2.24, 2.45) is 5.92 Å². The van der Waals surface area contributed by atoms with Crippen LogP contribution in [0.15, 0.2) is 23.1 Å². The Morgan fingerprint density at radius 3 is 2.56 bits per heavy atom. The van der Waals surface area contributed by atoms with Crippen LogP contribution < -0.4 is 4.74 Å². The lowest BCUT2D eigenvalue weighted by Crippen LogP contribution is -2.40. The van der Waals surface area contributed by atoms with Crippen LogP contribution in [0.5, 0.6) is 5.75 Å². The largest absolute Gasteiger partial charge is 0.495 e. The van der Waals surface area contributed by atoms with Crippen LogP contribution in [-0.4, -0.2) is 70.0 Å². The average Bonchev–Trinajstić information content (AvgIpc) is 3.07. The lowest BCUT2D eigenvalue weighted by atomic mass is 10.1. The molecule has 1 amide bonds. The third-order valence-electron chi connectivity index (χ3n) is 4.71. The molecule has 2 aliphatic heterocycles. The third-order valence-corrected chi connectivity index (χ3v) is 6.63. The fourth-order valence-corrected chi connectivity index (χ4v) is 4.83. The summed E-state index contributed by atoms with van der Waals surface area (Å²) in [6.07, 6.45) is 0.973. The molecule has 3 rings (SSSR count). The summed E-state index contributed by atoms with van der Waals surface area (Å²) in [4.78, 5) is 14.5. The molecule has 25 heavy (non-hydrogen) atoms. The van der Waals surface area contributed by atoms with Crippen molar-refractivity contribution >= 4 is 15.9 Å². The van der Waals surface area contributed by atoms with Crippen molar-refractivity contribution in [1.82, 2.24) is 9.21 Å². The lowest BCUT2D eigenvalue weighted by Gasteiger charge is -2.27. The highest BCUT2D eigenvalue weighted by Crippen LogP contribution is 2.29. The third kappa shape index (κ3) is 3.65. The van der Waals surface area contributed by atoms with E-state index in [0.717, 1.165) is 6.42 Å². The molecule has 7 nitrogen and oxygen atoms in total. The van der Waals surface area contributed by atoms with E-state index in [2.05, 4.69) is 6.92 Å². The predicted octanol–water partition coefficient (Wildman–Crippen LogP) is 1.20. The quantitative estimate of drug-likeness (QED) is 0.798. The Morgan fingerprint density at radius 2 is 1.96 bits per heavy atom. The van der Waals surface area contributed by atoms with Crippen LogP contribution in [0.4, 0.5) is 0 Å². The number of morpholine rings is 1. The van der Waals surface area contributed by atoms with E-state index in [4.69, 9.17) is 9.47 Å². The van der Waals surface area contributed by atoms with Crippen molar-refractivity contribution in [3.05, 3.63) is 23.8 Å². The second kappa shape index (κ2) is 7.31. The number of hydrogen-bond donors (Lipinski definition) is 0. The minimum absolute atomic E-state index is 0.0370. The zero-order valence-corrected chi connectivity index (χ0v) is 15.4. The molecule has 1 atom stereocenters. The topological polar surface area (TPSA) is 76.2 Å². The van der Waals surface area contributed by atoms with E-state index < -0.39 is 10.0 Å². The number of hydrogen-bond acceptors (Lipinski definition) is 5. The molecule has 2 aliphatic rings. The molecule has 0 saturated carbocycles. The first kappa shape index (κ1) is 18.2. The summed E-state index contributed by atoms with van der Waals surface area (Å²) in [6, 6.07) is 4.62. The van der Waals surface area contributed by atoms with E-state index in [0.29, 0.717) is 50.9 Å². The van der Waals surface area contributed by atoms with Gasteiger partial charge in [-0.05, 0) is 30.5 Å². The Balaban J connectivity index is 1.93. The molecule has 2 heterocycles. The van der Waals surface area contributed by atoms with Crippen molar-refractivity contribution in [2.45, 2.75) is 18.2 Å². The maximum absolute atomic E-state index is 13.0. The summed E-state index contributed by atoms with van der Waals surface area (Å²) in [6.45, 7) is 4.85. The first-order chi connectivity index (χ1) is 11.9. The SMILES string of the molecule is COc1ccc(C(=O)N2CC[C@@H](C)C2)cc1S(=O)(=O)N1CCOCC1. The molecule has 0 aliphatic carbocycles. The molecule has 1 aromatic carbocycles. The molecular formula is C17H24N2O5S. The number of benzene rings is 1. The fraction of sp³-hybridized carbons (Fsp3) is 0.588. The van der Waals surface area contributed by atoms with E-state index >= 15 is 0 Å². The zero-order chi connectivity index (χ0) is 18.0. The summed E-state index contributed by atoms with van der Waals surface area (Å²) in [5.74, 6) is 0.585. The van der Waals surface area contributed by atoms with Crippen molar-refractivity contribution in [3.8, 4) is 5.75 Å². The Hall–Kier alpha value is -1.64. The number of carbonyl (C=O) groups is 1. The van der Waals surface area contributed by atoms with Crippen LogP contribution >= 0.6 is 0 Å². The zero-order valence-electron chi connectivity index (χ0n) is 14.6. The van der Waals surface area contributed by atoms with Gasteiger partial charge >= 0.3 is 0 Å². The minimum Gasteiger partial charge on any atom is -0.495 e. The maximum Gasteiger partial charge on any atom is 0.253 e. The van der Waals surface area contributed by atoms with Crippen LogP contribution in [-0.2, 0) is 14.8 Å². The van der Waals surface area contributed by atoms with Gasteiger partial charge in [0.2, 0.25) is 10.0 Å². The van der Waals surface area contributed by atoms with Crippen LogP contribution in [0.1, 0.15) is 23.7 Å². The molecule has 0 radical (unpaired) electrons. The molecule has 0 unspecified atom stereocenters. The van der Waals surface area contributed by atoms with Gasteiger partial charge in [0, 0.05) is 31.7 Å². The second-order valence-electron chi connectivity index (χ2n) is 6.53. The van der Waals surface area contributed by atoms with Crippen LogP contribution in [0, 0.1) is 5.92 Å². The van der Waals surface area contributed by atoms with Gasteiger partial charge in [-0.15, -0.1) is 0 Å². The monoisotopic (exact) mass is 368 g/mol. The van der Waals surface area contributed by atoms with Gasteiger partial charge in [0.25, 0.3) is 5.91 Å². The Bertz CT molecular complexity index is 743. The Kier molecular flexibility index (Phi) is 5.31. The van der Waals surface area contributed by atoms with Crippen molar-refractivity contribution < 1.29 is 22.7 Å². The summed E-state index contributed by atoms with van der Waals surface area (Å²) in [5.41, 5.74) is 0.377. The van der Waals surface area contributed by atoms with E-state index in [9.17, 15) is 13.2 Å². The normalized spacial score (nSPS) is 22.2.